The van der Waals surface area contributed by atoms with Gasteiger partial charge in [0.05, 0.1) is 13.2 Å². The fourth-order valence-corrected chi connectivity index (χ4v) is 3.09. The third-order valence-corrected chi connectivity index (χ3v) is 4.67. The smallest absolute Gasteiger partial charge is 0.191 e. The van der Waals surface area contributed by atoms with Gasteiger partial charge in [0.15, 0.2) is 5.96 Å². The van der Waals surface area contributed by atoms with Crippen molar-refractivity contribution in [1.29, 1.82) is 0 Å². The molecule has 1 saturated heterocycles. The first-order valence-electron chi connectivity index (χ1n) is 9.28. The van der Waals surface area contributed by atoms with Crippen molar-refractivity contribution in [3.8, 4) is 0 Å². The Hall–Kier alpha value is -1.66. The van der Waals surface area contributed by atoms with Gasteiger partial charge in [-0.05, 0) is 30.9 Å². The van der Waals surface area contributed by atoms with Crippen LogP contribution in [0.25, 0.3) is 0 Å². The highest BCUT2D eigenvalue weighted by Crippen LogP contribution is 2.12. The molecule has 2 heterocycles. The van der Waals surface area contributed by atoms with Crippen molar-refractivity contribution in [2.75, 3.05) is 46.4 Å². The summed E-state index contributed by atoms with van der Waals surface area (Å²) in [6.07, 6.45) is 2.88. The van der Waals surface area contributed by atoms with E-state index in [2.05, 4.69) is 51.5 Å². The maximum absolute atomic E-state index is 5.48. The van der Waals surface area contributed by atoms with Crippen molar-refractivity contribution in [3.05, 3.63) is 29.6 Å². The Morgan fingerprint density at radius 2 is 2.04 bits per heavy atom. The zero-order valence-electron chi connectivity index (χ0n) is 16.1. The molecule has 6 heteroatoms. The van der Waals surface area contributed by atoms with Crippen LogP contribution < -0.4 is 10.6 Å². The van der Waals surface area contributed by atoms with Crippen LogP contribution in [0.2, 0.25) is 0 Å². The van der Waals surface area contributed by atoms with Crippen LogP contribution in [0.4, 0.5) is 0 Å². The summed E-state index contributed by atoms with van der Waals surface area (Å²) in [5, 5.41) is 6.88. The number of hydrogen-bond acceptors (Lipinski definition) is 4. The fraction of sp³-hybridized carbons (Fsp3) is 0.684. The zero-order chi connectivity index (χ0) is 18.1. The molecule has 0 saturated carbocycles. The van der Waals surface area contributed by atoms with Gasteiger partial charge in [0.2, 0.25) is 0 Å². The Balaban J connectivity index is 1.76. The lowest BCUT2D eigenvalue weighted by molar-refractivity contribution is 0.00752. The third kappa shape index (κ3) is 6.63. The largest absolute Gasteiger partial charge is 0.379 e. The van der Waals surface area contributed by atoms with Crippen LogP contribution in [0.15, 0.2) is 23.3 Å². The molecular weight excluding hydrogens is 314 g/mol. The van der Waals surface area contributed by atoms with E-state index in [-0.39, 0.29) is 0 Å². The summed E-state index contributed by atoms with van der Waals surface area (Å²) in [5.74, 6) is 1.45. The number of hydrogen-bond donors (Lipinski definition) is 2. The molecule has 6 nitrogen and oxygen atoms in total. The van der Waals surface area contributed by atoms with Gasteiger partial charge < -0.3 is 15.4 Å². The van der Waals surface area contributed by atoms with Gasteiger partial charge in [-0.25, -0.2) is 0 Å². The van der Waals surface area contributed by atoms with Gasteiger partial charge in [-0.3, -0.25) is 14.9 Å². The van der Waals surface area contributed by atoms with Gasteiger partial charge in [-0.15, -0.1) is 0 Å². The number of aliphatic imine (C=N–C) groups is 1. The van der Waals surface area contributed by atoms with E-state index in [1.54, 1.807) is 0 Å². The van der Waals surface area contributed by atoms with Gasteiger partial charge in [-0.2, -0.15) is 0 Å². The molecule has 1 fully saturated rings. The van der Waals surface area contributed by atoms with E-state index >= 15 is 0 Å². The summed E-state index contributed by atoms with van der Waals surface area (Å²) in [6, 6.07) is 4.68. The number of aromatic nitrogens is 1. The van der Waals surface area contributed by atoms with Crippen LogP contribution in [0.1, 0.15) is 25.1 Å². The molecule has 1 atom stereocenters. The predicted octanol–water partition coefficient (Wildman–Crippen LogP) is 1.45. The molecule has 0 spiro atoms. The molecular formula is C19H33N5O. The van der Waals surface area contributed by atoms with Crippen molar-refractivity contribution in [1.82, 2.24) is 20.5 Å². The van der Waals surface area contributed by atoms with Crippen molar-refractivity contribution in [2.45, 2.75) is 33.2 Å². The molecule has 0 bridgehead atoms. The molecule has 0 amide bonds. The molecule has 0 aliphatic carbocycles. The number of nitrogens with one attached hydrogen (secondary N) is 2. The van der Waals surface area contributed by atoms with Crippen molar-refractivity contribution < 1.29 is 4.74 Å². The van der Waals surface area contributed by atoms with E-state index in [1.807, 2.05) is 20.2 Å². The quantitative estimate of drug-likeness (QED) is 0.577. The minimum atomic E-state index is 0.490. The molecule has 1 aromatic heterocycles. The number of guanidine groups is 1. The highest BCUT2D eigenvalue weighted by molar-refractivity contribution is 5.79. The van der Waals surface area contributed by atoms with E-state index in [4.69, 9.17) is 4.74 Å². The molecule has 1 aliphatic heterocycles. The fourth-order valence-electron chi connectivity index (χ4n) is 3.09. The minimum Gasteiger partial charge on any atom is -0.379 e. The first kappa shape index (κ1) is 19.7. The van der Waals surface area contributed by atoms with Crippen LogP contribution in [0.3, 0.4) is 0 Å². The van der Waals surface area contributed by atoms with E-state index in [0.717, 1.165) is 57.5 Å². The van der Waals surface area contributed by atoms with Crippen LogP contribution >= 0.6 is 0 Å². The molecule has 1 unspecified atom stereocenters. The SMILES string of the molecule is CN=C(NCCc1ccc(C)nc1)NCC(C(C)C)N1CCOCC1. The lowest BCUT2D eigenvalue weighted by atomic mass is 10.0. The monoisotopic (exact) mass is 347 g/mol. The van der Waals surface area contributed by atoms with Crippen LogP contribution in [0.5, 0.6) is 0 Å². The maximum Gasteiger partial charge on any atom is 0.191 e. The number of pyridine rings is 1. The predicted molar refractivity (Wildman–Crippen MR) is 103 cm³/mol. The van der Waals surface area contributed by atoms with Gasteiger partial charge in [0.25, 0.3) is 0 Å². The van der Waals surface area contributed by atoms with E-state index in [1.165, 1.54) is 5.56 Å². The molecule has 1 aliphatic rings. The Morgan fingerprint density at radius 1 is 1.28 bits per heavy atom. The highest BCUT2D eigenvalue weighted by atomic mass is 16.5. The molecule has 2 rings (SSSR count). The number of nitrogens with zero attached hydrogens (tertiary/aromatic N) is 3. The molecule has 25 heavy (non-hydrogen) atoms. The summed E-state index contributed by atoms with van der Waals surface area (Å²) in [5.41, 5.74) is 2.29. The van der Waals surface area contributed by atoms with Crippen molar-refractivity contribution in [2.24, 2.45) is 10.9 Å². The molecule has 140 valence electrons. The van der Waals surface area contributed by atoms with Gasteiger partial charge in [0.1, 0.15) is 0 Å². The summed E-state index contributed by atoms with van der Waals surface area (Å²) in [7, 11) is 1.82. The molecule has 2 N–H and O–H groups in total. The first-order valence-corrected chi connectivity index (χ1v) is 9.28. The number of ether oxygens (including phenoxy) is 1. The number of rotatable bonds is 7. The summed E-state index contributed by atoms with van der Waals surface area (Å²) < 4.78 is 5.48. The number of morpholine rings is 1. The standard InChI is InChI=1S/C19H33N5O/c1-15(2)18(24-9-11-25-12-10-24)14-23-19(20-4)21-8-7-17-6-5-16(3)22-13-17/h5-6,13,15,18H,7-12,14H2,1-4H3,(H2,20,21,23). The average Bonchev–Trinajstić information content (AvgIpc) is 2.62. The second-order valence-corrected chi connectivity index (χ2v) is 6.90. The third-order valence-electron chi connectivity index (χ3n) is 4.67. The molecule has 0 radical (unpaired) electrons. The van der Waals surface area contributed by atoms with E-state index in [9.17, 15) is 0 Å². The van der Waals surface area contributed by atoms with Crippen molar-refractivity contribution in [3.63, 3.8) is 0 Å². The van der Waals surface area contributed by atoms with E-state index in [0.29, 0.717) is 12.0 Å². The van der Waals surface area contributed by atoms with Crippen LogP contribution in [-0.4, -0.2) is 68.3 Å². The Labute approximate surface area is 152 Å². The first-order chi connectivity index (χ1) is 12.1. The lowest BCUT2D eigenvalue weighted by Crippen LogP contribution is -2.52. The average molecular weight is 348 g/mol. The maximum atomic E-state index is 5.48. The van der Waals surface area contributed by atoms with E-state index < -0.39 is 0 Å². The second kappa shape index (κ2) is 10.4. The lowest BCUT2D eigenvalue weighted by Gasteiger charge is -2.37. The Kier molecular flexibility index (Phi) is 8.15. The topological polar surface area (TPSA) is 61.8 Å². The normalized spacial score (nSPS) is 17.6. The minimum absolute atomic E-state index is 0.490. The summed E-state index contributed by atoms with van der Waals surface area (Å²) in [6.45, 7) is 12.0. The summed E-state index contributed by atoms with van der Waals surface area (Å²) in [4.78, 5) is 11.2. The van der Waals surface area contributed by atoms with Gasteiger partial charge in [-0.1, -0.05) is 19.9 Å². The second-order valence-electron chi connectivity index (χ2n) is 6.90. The molecule has 1 aromatic rings. The summed E-state index contributed by atoms with van der Waals surface area (Å²) >= 11 is 0. The molecule has 0 aromatic carbocycles. The highest BCUT2D eigenvalue weighted by Gasteiger charge is 2.23. The van der Waals surface area contributed by atoms with Crippen LogP contribution in [0, 0.1) is 12.8 Å². The van der Waals surface area contributed by atoms with Gasteiger partial charge >= 0.3 is 0 Å². The Bertz CT molecular complexity index is 523. The Morgan fingerprint density at radius 3 is 2.64 bits per heavy atom. The van der Waals surface area contributed by atoms with Crippen LogP contribution in [-0.2, 0) is 11.2 Å². The zero-order valence-corrected chi connectivity index (χ0v) is 16.1. The van der Waals surface area contributed by atoms with Crippen molar-refractivity contribution >= 4 is 5.96 Å². The van der Waals surface area contributed by atoms with Gasteiger partial charge in [0, 0.05) is 51.2 Å². The number of aryl methyl sites for hydroxylation is 1.